The fourth-order valence-corrected chi connectivity index (χ4v) is 18.1. The van der Waals surface area contributed by atoms with Gasteiger partial charge >= 0.3 is 23.5 Å². The van der Waals surface area contributed by atoms with Gasteiger partial charge < -0.3 is 110 Å². The molecule has 0 unspecified atom stereocenters. The third-order valence-corrected chi connectivity index (χ3v) is 26.6. The third-order valence-electron chi connectivity index (χ3n) is 26.6. The Morgan fingerprint density at radius 1 is 0.583 bits per heavy atom. The molecule has 4 amide bonds. The Morgan fingerprint density at radius 3 is 1.47 bits per heavy atom. The molecule has 10 heterocycles. The number of hydrogen-bond donors (Lipinski definition) is 14. The number of anilines is 2. The van der Waals surface area contributed by atoms with Gasteiger partial charge in [-0.1, -0.05) is 106 Å². The highest BCUT2D eigenvalue weighted by Gasteiger charge is 2.53. The van der Waals surface area contributed by atoms with Crippen LogP contribution in [0.25, 0.3) is 21.5 Å². The van der Waals surface area contributed by atoms with Crippen molar-refractivity contribution in [2.75, 3.05) is 77.7 Å². The number of hydrazine groups is 1. The number of aromatic hydroxyl groups is 5. The van der Waals surface area contributed by atoms with E-state index in [0.29, 0.717) is 50.5 Å². The number of pyridine rings is 1. The summed E-state index contributed by atoms with van der Waals surface area (Å²) in [7, 11) is 4.89. The highest BCUT2D eigenvalue weighted by atomic mass is 16.7. The number of piperidine rings is 1. The van der Waals surface area contributed by atoms with Crippen molar-refractivity contribution in [2.24, 2.45) is 79.9 Å². The van der Waals surface area contributed by atoms with E-state index in [2.05, 4.69) is 54.3 Å². The lowest BCUT2D eigenvalue weighted by Gasteiger charge is -2.38. The molecule has 139 heavy (non-hydrogen) atoms. The zero-order valence-corrected chi connectivity index (χ0v) is 82.3. The number of likely N-dealkylation sites (tertiary alicyclic amines) is 1. The van der Waals surface area contributed by atoms with Crippen LogP contribution >= 0.6 is 0 Å². The summed E-state index contributed by atoms with van der Waals surface area (Å²) < 4.78 is 47.6. The summed E-state index contributed by atoms with van der Waals surface area (Å²) in [5.41, 5.74) is 6.67. The topological polar surface area (TPSA) is 566 Å². The van der Waals surface area contributed by atoms with Crippen molar-refractivity contribution >= 4 is 86.3 Å². The van der Waals surface area contributed by atoms with E-state index in [-0.39, 0.29) is 111 Å². The van der Waals surface area contributed by atoms with Crippen LogP contribution in [0.15, 0.2) is 130 Å². The molecule has 39 heteroatoms. The molecule has 0 saturated carbocycles. The van der Waals surface area contributed by atoms with Crippen LogP contribution in [0, 0.1) is 67.1 Å². The lowest BCUT2D eigenvalue weighted by atomic mass is 9.78. The standard InChI is InChI=1S/C46H62N4O11.C43H58N4O12.C6H7N3O.C5H5N3O/c1-22(2)21-50-18-16-46(17-19-50)48-34-31-32-39(54)28(8)42-33(31)43(56)45(10,61-42)59-20-15-30(58-11)25(5)41(60-29(9)51)27(7)38(53)26(6)37(52)23(3)13-12-14-24(4)44(57)47-36(40(32)55)35(34)49-46;1-21-12-11-13-22(2)42(55)45-33-28(20-44-47-17-15-46(9)16-18-47)37(52)30-31(38(33)53)36(51)26(6)40-32(30)41(54)43(8,59-40)57-19-14-29(56-10)23(3)39(58-27(7)48)25(5)35(50)24(4)34(21)49;7-9-6(10)5-1-3-8-4-2-5;6-5(9)4-3-7-1-2-8-4/h12-15,20,22-23,25-27,30,37-38,41,52-55H,16-19,21H2,1-11H3,(H,47,57);11-14,19-21,23-25,29,34-35,39,49-53H,15-18H2,1-10H3,(H,45,55);1-4H,7H2,(H,9,10);1-3H,(H2,6,9)/b13-12+,20-15+,24-14-;12-11+,19-14+,22-13-,44-20+;;/t23-,25+,26+,27+,30-,37-,38+,41+,45-;21-,23+,24+,25+,29-,34-,35+,39+,43-;;/m00../s1. The van der Waals surface area contributed by atoms with E-state index in [1.165, 1.54) is 118 Å². The zero-order chi connectivity index (χ0) is 103. The predicted molar refractivity (Wildman–Crippen MR) is 515 cm³/mol. The number of amides is 4. The minimum atomic E-state index is -2.04. The number of piperazine rings is 1. The molecule has 2 fully saturated rings. The highest BCUT2D eigenvalue weighted by molar-refractivity contribution is 6.24. The highest BCUT2D eigenvalue weighted by Crippen LogP contribution is 2.56. The Hall–Kier alpha value is -12.9. The number of Topliss-reactive ketones (excluding diaryl/α,β-unsaturated/α-hetero) is 2. The van der Waals surface area contributed by atoms with Crippen LogP contribution in [0.4, 0.5) is 11.4 Å². The second kappa shape index (κ2) is 45.8. The lowest BCUT2D eigenvalue weighted by Crippen LogP contribution is -2.46. The Labute approximate surface area is 806 Å². The molecule has 4 aromatic carbocycles. The number of carbonyl (C=O) groups is 8. The minimum absolute atomic E-state index is 0.0364. The number of primary amides is 1. The van der Waals surface area contributed by atoms with Gasteiger partial charge in [-0.25, -0.2) is 10.8 Å². The van der Waals surface area contributed by atoms with Crippen molar-refractivity contribution in [2.45, 2.75) is 204 Å². The summed E-state index contributed by atoms with van der Waals surface area (Å²) in [6, 6.07) is 3.17. The maximum Gasteiger partial charge on any atom is 0.312 e. The maximum absolute atomic E-state index is 14.7. The average Bonchev–Trinajstić information content (AvgIpc) is 1.55. The van der Waals surface area contributed by atoms with E-state index < -0.39 is 178 Å². The number of phenolic OH excluding ortho intramolecular Hbond substituents is 5. The number of fused-ring (bicyclic) bond motifs is 15. The van der Waals surface area contributed by atoms with Gasteiger partial charge in [-0.3, -0.25) is 68.7 Å². The molecule has 9 bridgehead atoms. The number of esters is 2. The number of rotatable bonds is 10. The molecule has 8 aliphatic heterocycles. The smallest absolute Gasteiger partial charge is 0.312 e. The number of ketones is 2. The summed E-state index contributed by atoms with van der Waals surface area (Å²) >= 11 is 0. The number of benzene rings is 4. The number of allylic oxidation sites excluding steroid dienone is 4. The van der Waals surface area contributed by atoms with Gasteiger partial charge in [-0.15, -0.1) is 0 Å². The van der Waals surface area contributed by atoms with Gasteiger partial charge in [0.25, 0.3) is 35.2 Å². The third kappa shape index (κ3) is 23.8. The number of aromatic nitrogens is 3. The largest absolute Gasteiger partial charge is 0.507 e. The van der Waals surface area contributed by atoms with Gasteiger partial charge in [-0.05, 0) is 64.9 Å². The first-order chi connectivity index (χ1) is 65.5. The molecule has 14 rings (SSSR count). The molecule has 6 aromatic rings. The van der Waals surface area contributed by atoms with Crippen LogP contribution in [0.1, 0.15) is 182 Å². The molecular formula is C100H132N14O25. The van der Waals surface area contributed by atoms with E-state index in [4.69, 9.17) is 59.5 Å². The van der Waals surface area contributed by atoms with Gasteiger partial charge in [-0.2, -0.15) is 5.10 Å². The van der Waals surface area contributed by atoms with Gasteiger partial charge in [0.05, 0.1) is 100 Å². The first-order valence-corrected chi connectivity index (χ1v) is 46.1. The van der Waals surface area contributed by atoms with Crippen LogP contribution < -0.4 is 47.8 Å². The molecule has 752 valence electrons. The van der Waals surface area contributed by atoms with Crippen molar-refractivity contribution in [3.05, 3.63) is 165 Å². The molecule has 0 radical (unpaired) electrons. The number of aliphatic hydroxyl groups excluding tert-OH is 4. The van der Waals surface area contributed by atoms with Crippen LogP contribution in [-0.2, 0) is 47.6 Å². The van der Waals surface area contributed by atoms with Crippen LogP contribution in [0.2, 0.25) is 0 Å². The van der Waals surface area contributed by atoms with Crippen LogP contribution in [0.5, 0.6) is 40.2 Å². The number of nitrogens with one attached hydrogen (secondary N) is 3. The second-order valence-corrected chi connectivity index (χ2v) is 37.2. The molecule has 39 nitrogen and oxygen atoms in total. The molecule has 2 aromatic heterocycles. The number of hydrazone groups is 1. The van der Waals surface area contributed by atoms with E-state index in [9.17, 15) is 84.3 Å². The first kappa shape index (κ1) is 108. The molecule has 1 spiro atoms. The number of hydrogen-bond acceptors (Lipinski definition) is 35. The van der Waals surface area contributed by atoms with Gasteiger partial charge in [0.15, 0.2) is 17.2 Å². The van der Waals surface area contributed by atoms with Crippen LogP contribution in [0.3, 0.4) is 0 Å². The molecule has 16 N–H and O–H groups in total. The summed E-state index contributed by atoms with van der Waals surface area (Å²) in [5, 5.41) is 117. The summed E-state index contributed by atoms with van der Waals surface area (Å²) in [6.45, 7) is 34.6. The molecule has 2 saturated heterocycles. The average molecular weight is 1930 g/mol. The van der Waals surface area contributed by atoms with Crippen molar-refractivity contribution in [1.29, 1.82) is 0 Å². The number of nitrogen functional groups attached to an aromatic ring is 1. The van der Waals surface area contributed by atoms with Gasteiger partial charge in [0.1, 0.15) is 57.7 Å². The fourth-order valence-electron chi connectivity index (χ4n) is 18.1. The van der Waals surface area contributed by atoms with Gasteiger partial charge in [0.2, 0.25) is 0 Å². The number of ether oxygens (including phenoxy) is 8. The Kier molecular flexibility index (Phi) is 35.7. The number of nitrogens with zero attached hydrogens (tertiary/aromatic N) is 9. The SMILES string of the molecule is CO[C@H]1/C=C/O[C@@]2(C)Oc3c(C)c(O)c4c(O)c(c(/C=N/N5CCN(C)CC5)c(O)c4c3C2=O)NC(=O)/C(C)=C\C=C\[C@H](C)[C@H](O)[C@@H](C)[C@@H](O)[C@@H](C)[C@H](OC(C)=O)[C@@H]1C.CO[C@H]1/C=C/O[C@@]2(C)Oc3c(C)c(O)c4c(O)c(c5c(c4c3C2=O)=NC2(CCN(CC(C)C)CC2)N=5)NC(=O)/C(C)=C\C=C\[C@H](C)[C@H](O)[C@@H](C)[C@@H](O)[C@@H](C)[C@H](OC(C)=O)[C@@H]1C.NC(=O)c1cnccn1.NNC(=O)c1ccncc1. The van der Waals surface area contributed by atoms with Crippen LogP contribution in [-0.4, -0.2) is 262 Å². The second-order valence-electron chi connectivity index (χ2n) is 37.2. The number of nitrogens with two attached hydrogens (primary N) is 2. The molecule has 8 aliphatic rings. The monoisotopic (exact) mass is 1930 g/mol. The van der Waals surface area contributed by atoms with Crippen molar-refractivity contribution in [3.8, 4) is 40.2 Å². The van der Waals surface area contributed by atoms with E-state index in [1.807, 2.05) is 12.5 Å². The summed E-state index contributed by atoms with van der Waals surface area (Å²) in [5.74, 6) is -10.8. The first-order valence-electron chi connectivity index (χ1n) is 46.1. The Bertz CT molecular complexity index is 5930. The maximum atomic E-state index is 14.7. The van der Waals surface area contributed by atoms with E-state index in [0.717, 1.165) is 19.6 Å². The Morgan fingerprint density at radius 2 is 1.04 bits per heavy atom. The van der Waals surface area contributed by atoms with E-state index in [1.54, 1.807) is 123 Å². The molecular weight excluding hydrogens is 1800 g/mol. The number of aliphatic hydroxyl groups is 4. The zero-order valence-electron chi connectivity index (χ0n) is 82.3. The Balaban J connectivity index is 0.000000240. The lowest BCUT2D eigenvalue weighted by molar-refractivity contribution is -0.161. The molecule has 0 aliphatic carbocycles. The van der Waals surface area contributed by atoms with Crippen molar-refractivity contribution in [1.82, 2.24) is 35.2 Å². The number of carbonyl (C=O) groups excluding carboxylic acids is 8. The molecule has 18 atom stereocenters. The number of likely N-dealkylation sites (N-methyl/N-ethyl adjacent to an activating group) is 1. The normalized spacial score (nSPS) is 29.2. The number of phenols is 5. The minimum Gasteiger partial charge on any atom is -0.507 e. The fraction of sp³-hybridized carbons (Fsp3) is 0.500. The van der Waals surface area contributed by atoms with Crippen molar-refractivity contribution in [3.63, 3.8) is 0 Å². The van der Waals surface area contributed by atoms with Gasteiger partial charge in [0, 0.05) is 211 Å². The summed E-state index contributed by atoms with van der Waals surface area (Å²) in [4.78, 5) is 128. The number of methoxy groups -OCH3 is 2. The van der Waals surface area contributed by atoms with Crippen molar-refractivity contribution < 1.29 is 122 Å². The quantitative estimate of drug-likeness (QED) is 0.0116. The predicted octanol–water partition coefficient (Wildman–Crippen LogP) is 8.35. The van der Waals surface area contributed by atoms with E-state index >= 15 is 0 Å². The summed E-state index contributed by atoms with van der Waals surface area (Å²) in [6.07, 6.45) is 17.2.